The highest BCUT2D eigenvalue weighted by Gasteiger charge is 2.50. The molecule has 1 atom stereocenters. The average molecular weight is 311 g/mol. The van der Waals surface area contributed by atoms with Gasteiger partial charge in [-0.15, -0.1) is 0 Å². The number of nitrogens with one attached hydrogen (secondary N) is 1. The number of benzene rings is 1. The molecule has 2 rings (SSSR count). The molecule has 0 radical (unpaired) electrons. The monoisotopic (exact) mass is 311 g/mol. The fraction of sp³-hybridized carbons (Fsp3) is 0.467. The number of amides is 1. The molecule has 1 amide bonds. The first-order chi connectivity index (χ1) is 10.1. The lowest BCUT2D eigenvalue weighted by molar-refractivity contribution is -0.188. The summed E-state index contributed by atoms with van der Waals surface area (Å²) >= 11 is 0. The standard InChI is InChI=1S/C15H16F3N3O/c1-14(2)9-21(20-13(14)22)12(15(16,17)18)7-10-3-5-11(8-19)6-4-10/h3-6,12H,7,9H2,1-2H3,(H,20,22). The minimum atomic E-state index is -4.47. The van der Waals surface area contributed by atoms with Crippen LogP contribution in [-0.2, 0) is 11.2 Å². The number of nitriles is 1. The van der Waals surface area contributed by atoms with Crippen molar-refractivity contribution in [2.45, 2.75) is 32.5 Å². The second-order valence-electron chi connectivity index (χ2n) is 6.02. The predicted molar refractivity (Wildman–Crippen MR) is 73.3 cm³/mol. The largest absolute Gasteiger partial charge is 0.406 e. The molecule has 4 nitrogen and oxygen atoms in total. The van der Waals surface area contributed by atoms with Crippen molar-refractivity contribution in [1.82, 2.24) is 10.4 Å². The maximum absolute atomic E-state index is 13.3. The first kappa shape index (κ1) is 16.3. The predicted octanol–water partition coefficient (Wildman–Crippen LogP) is 2.40. The van der Waals surface area contributed by atoms with E-state index in [0.717, 1.165) is 5.01 Å². The van der Waals surface area contributed by atoms with E-state index in [0.29, 0.717) is 11.1 Å². The maximum atomic E-state index is 13.3. The van der Waals surface area contributed by atoms with Gasteiger partial charge in [0.1, 0.15) is 6.04 Å². The Morgan fingerprint density at radius 2 is 1.95 bits per heavy atom. The summed E-state index contributed by atoms with van der Waals surface area (Å²) in [6.45, 7) is 3.21. The normalized spacial score (nSPS) is 19.5. The molecule has 118 valence electrons. The third kappa shape index (κ3) is 3.39. The summed E-state index contributed by atoms with van der Waals surface area (Å²) in [5.74, 6) is -0.415. The van der Waals surface area contributed by atoms with Crippen LogP contribution in [0.1, 0.15) is 25.0 Å². The number of alkyl halides is 3. The van der Waals surface area contributed by atoms with E-state index < -0.39 is 23.5 Å². The molecule has 1 fully saturated rings. The van der Waals surface area contributed by atoms with Crippen molar-refractivity contribution >= 4 is 5.91 Å². The van der Waals surface area contributed by atoms with Gasteiger partial charge < -0.3 is 0 Å². The van der Waals surface area contributed by atoms with Crippen LogP contribution in [-0.4, -0.2) is 29.7 Å². The number of rotatable bonds is 3. The van der Waals surface area contributed by atoms with Crippen LogP contribution < -0.4 is 5.43 Å². The Bertz CT molecular complexity index is 602. The third-order valence-corrected chi connectivity index (χ3v) is 3.69. The molecule has 0 aliphatic carbocycles. The molecular weight excluding hydrogens is 295 g/mol. The second-order valence-corrected chi connectivity index (χ2v) is 6.02. The van der Waals surface area contributed by atoms with Gasteiger partial charge in [0.25, 0.3) is 0 Å². The van der Waals surface area contributed by atoms with Gasteiger partial charge in [-0.05, 0) is 38.0 Å². The van der Waals surface area contributed by atoms with Gasteiger partial charge in [0.05, 0.1) is 17.0 Å². The smallest absolute Gasteiger partial charge is 0.288 e. The van der Waals surface area contributed by atoms with Crippen LogP contribution in [0, 0.1) is 16.7 Å². The van der Waals surface area contributed by atoms with Crippen molar-refractivity contribution in [2.75, 3.05) is 6.54 Å². The Labute approximate surface area is 126 Å². The molecule has 1 saturated heterocycles. The van der Waals surface area contributed by atoms with Gasteiger partial charge in [0, 0.05) is 6.54 Å². The lowest BCUT2D eigenvalue weighted by atomic mass is 9.94. The van der Waals surface area contributed by atoms with Gasteiger partial charge in [-0.25, -0.2) is 5.01 Å². The SMILES string of the molecule is CC1(C)CN(C(Cc2ccc(C#N)cc2)C(F)(F)F)NC1=O. The Morgan fingerprint density at radius 1 is 1.36 bits per heavy atom. The summed E-state index contributed by atoms with van der Waals surface area (Å²) in [5, 5.41) is 9.67. The number of nitrogens with zero attached hydrogens (tertiary/aromatic N) is 2. The Balaban J connectivity index is 2.21. The van der Waals surface area contributed by atoms with E-state index >= 15 is 0 Å². The quantitative estimate of drug-likeness (QED) is 0.932. The van der Waals surface area contributed by atoms with Crippen molar-refractivity contribution in [1.29, 1.82) is 5.26 Å². The maximum Gasteiger partial charge on any atom is 0.406 e. The molecule has 1 unspecified atom stereocenters. The summed E-state index contributed by atoms with van der Waals surface area (Å²) in [7, 11) is 0. The summed E-state index contributed by atoms with van der Waals surface area (Å²) in [4.78, 5) is 11.7. The van der Waals surface area contributed by atoms with E-state index in [2.05, 4.69) is 5.43 Å². The molecule has 1 aliphatic heterocycles. The van der Waals surface area contributed by atoms with Crippen LogP contribution in [0.25, 0.3) is 0 Å². The summed E-state index contributed by atoms with van der Waals surface area (Å²) in [6.07, 6.45) is -4.76. The van der Waals surface area contributed by atoms with E-state index in [9.17, 15) is 18.0 Å². The number of hydrogen-bond acceptors (Lipinski definition) is 3. The van der Waals surface area contributed by atoms with Gasteiger partial charge >= 0.3 is 6.18 Å². The number of hydrazine groups is 1. The van der Waals surface area contributed by atoms with Crippen molar-refractivity contribution in [3.8, 4) is 6.07 Å². The molecule has 1 aliphatic rings. The number of carbonyl (C=O) groups is 1. The van der Waals surface area contributed by atoms with Crippen LogP contribution in [0.4, 0.5) is 13.2 Å². The number of halogens is 3. The molecule has 1 heterocycles. The average Bonchev–Trinajstić information content (AvgIpc) is 2.69. The zero-order valence-corrected chi connectivity index (χ0v) is 12.2. The minimum Gasteiger partial charge on any atom is -0.288 e. The summed E-state index contributed by atoms with van der Waals surface area (Å²) < 4.78 is 40.0. The van der Waals surface area contributed by atoms with Crippen LogP contribution in [0.3, 0.4) is 0 Å². The first-order valence-corrected chi connectivity index (χ1v) is 6.77. The number of carbonyl (C=O) groups excluding carboxylic acids is 1. The zero-order valence-electron chi connectivity index (χ0n) is 12.2. The van der Waals surface area contributed by atoms with Gasteiger partial charge in [-0.3, -0.25) is 10.2 Å². The molecule has 1 aromatic rings. The molecule has 22 heavy (non-hydrogen) atoms. The highest BCUT2D eigenvalue weighted by atomic mass is 19.4. The van der Waals surface area contributed by atoms with E-state index in [4.69, 9.17) is 5.26 Å². The van der Waals surface area contributed by atoms with E-state index in [1.807, 2.05) is 6.07 Å². The fourth-order valence-electron chi connectivity index (χ4n) is 2.35. The van der Waals surface area contributed by atoms with Crippen molar-refractivity contribution in [3.05, 3.63) is 35.4 Å². The third-order valence-electron chi connectivity index (χ3n) is 3.69. The van der Waals surface area contributed by atoms with Crippen LogP contribution in [0.5, 0.6) is 0 Å². The lowest BCUT2D eigenvalue weighted by Gasteiger charge is -2.29. The molecule has 0 saturated carbocycles. The molecule has 7 heteroatoms. The molecule has 0 bridgehead atoms. The summed E-state index contributed by atoms with van der Waals surface area (Å²) in [6, 6.07) is 6.08. The second kappa shape index (κ2) is 5.61. The topological polar surface area (TPSA) is 56.1 Å². The number of hydrogen-bond donors (Lipinski definition) is 1. The van der Waals surface area contributed by atoms with E-state index in [-0.39, 0.29) is 13.0 Å². The Hall–Kier alpha value is -2.07. The Kier molecular flexibility index (Phi) is 4.16. The van der Waals surface area contributed by atoms with Gasteiger partial charge in [-0.2, -0.15) is 18.4 Å². The Morgan fingerprint density at radius 3 is 2.36 bits per heavy atom. The van der Waals surface area contributed by atoms with Gasteiger partial charge in [0.15, 0.2) is 0 Å². The van der Waals surface area contributed by atoms with Gasteiger partial charge in [-0.1, -0.05) is 12.1 Å². The van der Waals surface area contributed by atoms with Crippen molar-refractivity contribution < 1.29 is 18.0 Å². The molecule has 1 aromatic carbocycles. The van der Waals surface area contributed by atoms with Crippen LogP contribution in [0.15, 0.2) is 24.3 Å². The van der Waals surface area contributed by atoms with E-state index in [1.165, 1.54) is 24.3 Å². The first-order valence-electron chi connectivity index (χ1n) is 6.77. The molecule has 0 aromatic heterocycles. The van der Waals surface area contributed by atoms with Crippen molar-refractivity contribution in [3.63, 3.8) is 0 Å². The summed E-state index contributed by atoms with van der Waals surface area (Å²) in [5.41, 5.74) is 2.31. The lowest BCUT2D eigenvalue weighted by Crippen LogP contribution is -2.51. The van der Waals surface area contributed by atoms with Crippen molar-refractivity contribution in [2.24, 2.45) is 5.41 Å². The fourth-order valence-corrected chi connectivity index (χ4v) is 2.35. The molecule has 1 N–H and O–H groups in total. The van der Waals surface area contributed by atoms with Gasteiger partial charge in [0.2, 0.25) is 5.91 Å². The minimum absolute atomic E-state index is 0.00765. The van der Waals surface area contributed by atoms with E-state index in [1.54, 1.807) is 13.8 Å². The zero-order chi connectivity index (χ0) is 16.5. The highest BCUT2D eigenvalue weighted by Crippen LogP contribution is 2.32. The molecule has 0 spiro atoms. The molecular formula is C15H16F3N3O. The highest BCUT2D eigenvalue weighted by molar-refractivity contribution is 5.83. The van der Waals surface area contributed by atoms with Crippen LogP contribution >= 0.6 is 0 Å². The van der Waals surface area contributed by atoms with Crippen LogP contribution in [0.2, 0.25) is 0 Å².